The Labute approximate surface area is 130 Å². The molecule has 3 nitrogen and oxygen atoms in total. The summed E-state index contributed by atoms with van der Waals surface area (Å²) >= 11 is 1.82. The van der Waals surface area contributed by atoms with Crippen molar-refractivity contribution in [3.8, 4) is 0 Å². The predicted molar refractivity (Wildman–Crippen MR) is 89.1 cm³/mol. The summed E-state index contributed by atoms with van der Waals surface area (Å²) < 4.78 is 0. The second kappa shape index (κ2) is 5.24. The first kappa shape index (κ1) is 13.5. The first-order chi connectivity index (χ1) is 10.3. The number of fused-ring (bicyclic) bond motifs is 2. The minimum atomic E-state index is 0.612. The van der Waals surface area contributed by atoms with Crippen molar-refractivity contribution >= 4 is 27.4 Å². The van der Waals surface area contributed by atoms with Gasteiger partial charge in [-0.1, -0.05) is 19.8 Å². The second-order valence-electron chi connectivity index (χ2n) is 6.59. The van der Waals surface area contributed by atoms with Crippen LogP contribution in [0.5, 0.6) is 0 Å². The van der Waals surface area contributed by atoms with Gasteiger partial charge < -0.3 is 4.90 Å². The molecule has 1 aliphatic carbocycles. The molecule has 0 radical (unpaired) electrons. The number of anilines is 1. The topological polar surface area (TPSA) is 29.0 Å². The minimum absolute atomic E-state index is 0.612. The van der Waals surface area contributed by atoms with Gasteiger partial charge in [0, 0.05) is 17.0 Å². The van der Waals surface area contributed by atoms with Crippen LogP contribution in [0.4, 0.5) is 5.82 Å². The SMILES string of the molecule is CCc1cc2c(N3[C@H](C)C[C@H]4CCCC[C@H]43)ncnc2s1. The Morgan fingerprint density at radius 3 is 3.00 bits per heavy atom. The van der Waals surface area contributed by atoms with Crippen LogP contribution in [0.1, 0.15) is 50.8 Å². The Hall–Kier alpha value is -1.16. The molecule has 112 valence electrons. The quantitative estimate of drug-likeness (QED) is 0.822. The average molecular weight is 301 g/mol. The highest BCUT2D eigenvalue weighted by molar-refractivity contribution is 7.18. The molecule has 0 spiro atoms. The van der Waals surface area contributed by atoms with E-state index in [0.29, 0.717) is 12.1 Å². The summed E-state index contributed by atoms with van der Waals surface area (Å²) in [5.74, 6) is 2.07. The highest BCUT2D eigenvalue weighted by Crippen LogP contribution is 2.43. The molecule has 4 rings (SSSR count). The zero-order chi connectivity index (χ0) is 14.4. The Kier molecular flexibility index (Phi) is 3.37. The summed E-state index contributed by atoms with van der Waals surface area (Å²) in [7, 11) is 0. The molecular weight excluding hydrogens is 278 g/mol. The zero-order valence-electron chi connectivity index (χ0n) is 12.9. The summed E-state index contributed by atoms with van der Waals surface area (Å²) in [6.07, 6.45) is 9.72. The van der Waals surface area contributed by atoms with Crippen LogP contribution in [0, 0.1) is 5.92 Å². The molecule has 0 N–H and O–H groups in total. The molecular formula is C17H23N3S. The van der Waals surface area contributed by atoms with Crippen LogP contribution in [-0.4, -0.2) is 22.1 Å². The third-order valence-corrected chi connectivity index (χ3v) is 6.48. The van der Waals surface area contributed by atoms with Crippen molar-refractivity contribution in [1.82, 2.24) is 9.97 Å². The van der Waals surface area contributed by atoms with Gasteiger partial charge in [0.05, 0.1) is 5.39 Å². The number of nitrogens with zero attached hydrogens (tertiary/aromatic N) is 3. The number of aryl methyl sites for hydroxylation is 1. The maximum atomic E-state index is 4.70. The molecule has 0 amide bonds. The molecule has 2 fully saturated rings. The van der Waals surface area contributed by atoms with Gasteiger partial charge >= 0.3 is 0 Å². The van der Waals surface area contributed by atoms with E-state index in [1.807, 2.05) is 11.3 Å². The molecule has 0 unspecified atom stereocenters. The van der Waals surface area contributed by atoms with Crippen LogP contribution in [0.3, 0.4) is 0 Å². The third kappa shape index (κ3) is 2.15. The first-order valence-corrected chi connectivity index (χ1v) is 9.11. The lowest BCUT2D eigenvalue weighted by molar-refractivity contribution is 0.341. The lowest BCUT2D eigenvalue weighted by Gasteiger charge is -2.34. The van der Waals surface area contributed by atoms with Crippen molar-refractivity contribution in [2.75, 3.05) is 4.90 Å². The monoisotopic (exact) mass is 301 g/mol. The standard InChI is InChI=1S/C17H23N3S/c1-3-13-9-14-16(18-10-19-17(14)21-13)20-11(2)8-12-6-4-5-7-15(12)20/h9-12,15H,3-8H2,1-2H3/t11-,12-,15-/m1/s1. The van der Waals surface area contributed by atoms with E-state index in [1.54, 1.807) is 6.33 Å². The summed E-state index contributed by atoms with van der Waals surface area (Å²) in [6, 6.07) is 3.64. The van der Waals surface area contributed by atoms with E-state index in [0.717, 1.165) is 17.2 Å². The third-order valence-electron chi connectivity index (χ3n) is 5.30. The molecule has 3 heterocycles. The van der Waals surface area contributed by atoms with E-state index in [4.69, 9.17) is 4.98 Å². The van der Waals surface area contributed by atoms with E-state index in [9.17, 15) is 0 Å². The molecule has 0 aromatic carbocycles. The average Bonchev–Trinajstić information content (AvgIpc) is 3.06. The van der Waals surface area contributed by atoms with E-state index < -0.39 is 0 Å². The van der Waals surface area contributed by atoms with Crippen LogP contribution in [-0.2, 0) is 6.42 Å². The van der Waals surface area contributed by atoms with E-state index >= 15 is 0 Å². The molecule has 1 aliphatic heterocycles. The van der Waals surface area contributed by atoms with Gasteiger partial charge in [-0.15, -0.1) is 11.3 Å². The Morgan fingerprint density at radius 1 is 1.29 bits per heavy atom. The van der Waals surface area contributed by atoms with Crippen molar-refractivity contribution in [3.05, 3.63) is 17.3 Å². The van der Waals surface area contributed by atoms with Crippen molar-refractivity contribution in [1.29, 1.82) is 0 Å². The molecule has 1 saturated heterocycles. The van der Waals surface area contributed by atoms with Crippen LogP contribution >= 0.6 is 11.3 Å². The van der Waals surface area contributed by atoms with Gasteiger partial charge in [0.25, 0.3) is 0 Å². The predicted octanol–water partition coefficient (Wildman–Crippen LogP) is 4.41. The van der Waals surface area contributed by atoms with Crippen molar-refractivity contribution in [2.24, 2.45) is 5.92 Å². The lowest BCUT2D eigenvalue weighted by atomic mass is 9.85. The van der Waals surface area contributed by atoms with Crippen LogP contribution < -0.4 is 4.90 Å². The van der Waals surface area contributed by atoms with Crippen LogP contribution in [0.25, 0.3) is 10.2 Å². The molecule has 3 atom stereocenters. The van der Waals surface area contributed by atoms with Gasteiger partial charge in [0.1, 0.15) is 17.0 Å². The fraction of sp³-hybridized carbons (Fsp3) is 0.647. The van der Waals surface area contributed by atoms with E-state index in [-0.39, 0.29) is 0 Å². The second-order valence-corrected chi connectivity index (χ2v) is 7.70. The van der Waals surface area contributed by atoms with Gasteiger partial charge in [-0.2, -0.15) is 0 Å². The Morgan fingerprint density at radius 2 is 2.14 bits per heavy atom. The fourth-order valence-corrected chi connectivity index (χ4v) is 5.28. The molecule has 0 bridgehead atoms. The zero-order valence-corrected chi connectivity index (χ0v) is 13.7. The lowest BCUT2D eigenvalue weighted by Crippen LogP contribution is -2.38. The van der Waals surface area contributed by atoms with Gasteiger partial charge in [-0.25, -0.2) is 9.97 Å². The van der Waals surface area contributed by atoms with Gasteiger partial charge in [0.2, 0.25) is 0 Å². The van der Waals surface area contributed by atoms with Gasteiger partial charge in [-0.05, 0) is 44.6 Å². The summed E-state index contributed by atoms with van der Waals surface area (Å²) in [5, 5.41) is 1.28. The Bertz CT molecular complexity index is 651. The number of aromatic nitrogens is 2. The molecule has 1 saturated carbocycles. The van der Waals surface area contributed by atoms with E-state index in [1.165, 1.54) is 48.2 Å². The maximum Gasteiger partial charge on any atom is 0.141 e. The van der Waals surface area contributed by atoms with Crippen molar-refractivity contribution < 1.29 is 0 Å². The van der Waals surface area contributed by atoms with Crippen molar-refractivity contribution in [3.63, 3.8) is 0 Å². The smallest absolute Gasteiger partial charge is 0.141 e. The summed E-state index contributed by atoms with van der Waals surface area (Å²) in [5.41, 5.74) is 0. The molecule has 2 aromatic heterocycles. The summed E-state index contributed by atoms with van der Waals surface area (Å²) in [4.78, 5) is 14.4. The highest BCUT2D eigenvalue weighted by Gasteiger charge is 2.41. The molecule has 21 heavy (non-hydrogen) atoms. The van der Waals surface area contributed by atoms with E-state index in [2.05, 4.69) is 29.8 Å². The Balaban J connectivity index is 1.79. The molecule has 2 aliphatic rings. The largest absolute Gasteiger partial charge is 0.350 e. The summed E-state index contributed by atoms with van der Waals surface area (Å²) in [6.45, 7) is 4.59. The first-order valence-electron chi connectivity index (χ1n) is 8.29. The number of thiophene rings is 1. The molecule has 4 heteroatoms. The molecule has 2 aromatic rings. The number of hydrogen-bond acceptors (Lipinski definition) is 4. The van der Waals surface area contributed by atoms with Crippen LogP contribution in [0.15, 0.2) is 12.4 Å². The highest BCUT2D eigenvalue weighted by atomic mass is 32.1. The maximum absolute atomic E-state index is 4.70. The number of rotatable bonds is 2. The minimum Gasteiger partial charge on any atom is -0.350 e. The normalized spacial score (nSPS) is 29.0. The van der Waals surface area contributed by atoms with Crippen molar-refractivity contribution in [2.45, 2.75) is 64.5 Å². The van der Waals surface area contributed by atoms with Crippen LogP contribution in [0.2, 0.25) is 0 Å². The van der Waals surface area contributed by atoms with Gasteiger partial charge in [-0.3, -0.25) is 0 Å². The fourth-order valence-electron chi connectivity index (χ4n) is 4.35. The van der Waals surface area contributed by atoms with Gasteiger partial charge in [0.15, 0.2) is 0 Å². The number of hydrogen-bond donors (Lipinski definition) is 0.